The summed E-state index contributed by atoms with van der Waals surface area (Å²) in [6, 6.07) is -0.498. The normalized spacial score (nSPS) is 26.8. The van der Waals surface area contributed by atoms with Crippen molar-refractivity contribution in [2.75, 3.05) is 13.7 Å². The van der Waals surface area contributed by atoms with Crippen LogP contribution in [0, 0.1) is 0 Å². The number of nitrogens with zero attached hydrogens (tertiary/aromatic N) is 1. The molecular formula is C10H17NO4. The molecule has 15 heavy (non-hydrogen) atoms. The molecule has 0 bridgehead atoms. The minimum absolute atomic E-state index is 0.188. The quantitative estimate of drug-likeness (QED) is 0.515. The summed E-state index contributed by atoms with van der Waals surface area (Å²) in [6.45, 7) is 5.81. The number of hydrogen-bond acceptors (Lipinski definition) is 5. The minimum Gasteiger partial charge on any atom is -0.467 e. The van der Waals surface area contributed by atoms with Gasteiger partial charge in [0.1, 0.15) is 12.1 Å². The highest BCUT2D eigenvalue weighted by molar-refractivity contribution is 5.78. The van der Waals surface area contributed by atoms with E-state index >= 15 is 0 Å². The molecule has 1 heterocycles. The number of carbonyl (C=O) groups is 1. The van der Waals surface area contributed by atoms with E-state index in [0.717, 1.165) is 0 Å². The van der Waals surface area contributed by atoms with Gasteiger partial charge in [0.2, 0.25) is 0 Å². The van der Waals surface area contributed by atoms with Crippen LogP contribution in [0.3, 0.4) is 0 Å². The SMILES string of the molecule is COC(=O)[C@@H](C)N=C[C@H]1COC(C)(C)O1. The highest BCUT2D eigenvalue weighted by Gasteiger charge is 2.31. The van der Waals surface area contributed by atoms with Crippen molar-refractivity contribution in [2.45, 2.75) is 38.7 Å². The maximum atomic E-state index is 11.0. The molecule has 1 aliphatic heterocycles. The third-order valence-electron chi connectivity index (χ3n) is 2.05. The molecule has 0 radical (unpaired) electrons. The predicted octanol–water partition coefficient (Wildman–Crippen LogP) is 0.770. The van der Waals surface area contributed by atoms with Crippen LogP contribution < -0.4 is 0 Å². The fourth-order valence-electron chi connectivity index (χ4n) is 1.25. The van der Waals surface area contributed by atoms with Gasteiger partial charge in [-0.3, -0.25) is 4.99 Å². The summed E-state index contributed by atoms with van der Waals surface area (Å²) in [5, 5.41) is 0. The standard InChI is InChI=1S/C10H17NO4/c1-7(9(12)13-4)11-5-8-6-14-10(2,3)15-8/h5,7-8H,6H2,1-4H3/t7-,8+/m1/s1. The smallest absolute Gasteiger partial charge is 0.330 e. The lowest BCUT2D eigenvalue weighted by Gasteiger charge is -2.15. The summed E-state index contributed by atoms with van der Waals surface area (Å²) in [4.78, 5) is 15.1. The van der Waals surface area contributed by atoms with Crippen molar-refractivity contribution in [3.05, 3.63) is 0 Å². The average molecular weight is 215 g/mol. The molecule has 1 rings (SSSR count). The van der Waals surface area contributed by atoms with Crippen molar-refractivity contribution in [3.8, 4) is 0 Å². The van der Waals surface area contributed by atoms with Crippen LogP contribution in [0.15, 0.2) is 4.99 Å². The van der Waals surface area contributed by atoms with E-state index in [4.69, 9.17) is 9.47 Å². The molecule has 0 unspecified atom stereocenters. The number of hydrogen-bond donors (Lipinski definition) is 0. The average Bonchev–Trinajstić information content (AvgIpc) is 2.53. The first-order valence-electron chi connectivity index (χ1n) is 4.87. The molecule has 86 valence electrons. The second-order valence-corrected chi connectivity index (χ2v) is 3.86. The van der Waals surface area contributed by atoms with Crippen LogP contribution in [0.2, 0.25) is 0 Å². The zero-order valence-corrected chi connectivity index (χ0v) is 9.52. The molecular weight excluding hydrogens is 198 g/mol. The summed E-state index contributed by atoms with van der Waals surface area (Å²) in [5.41, 5.74) is 0. The first-order chi connectivity index (χ1) is 6.94. The largest absolute Gasteiger partial charge is 0.467 e. The summed E-state index contributed by atoms with van der Waals surface area (Å²) >= 11 is 0. The lowest BCUT2D eigenvalue weighted by molar-refractivity contribution is -0.141. The Balaban J connectivity index is 2.42. The Morgan fingerprint density at radius 2 is 2.33 bits per heavy atom. The Hall–Kier alpha value is -0.940. The highest BCUT2D eigenvalue weighted by Crippen LogP contribution is 2.21. The van der Waals surface area contributed by atoms with Gasteiger partial charge in [0.15, 0.2) is 5.79 Å². The van der Waals surface area contributed by atoms with Crippen molar-refractivity contribution < 1.29 is 19.0 Å². The monoisotopic (exact) mass is 215 g/mol. The Labute approximate surface area is 89.4 Å². The topological polar surface area (TPSA) is 57.1 Å². The van der Waals surface area contributed by atoms with E-state index < -0.39 is 11.8 Å². The number of ether oxygens (including phenoxy) is 3. The van der Waals surface area contributed by atoms with Crippen LogP contribution in [0.1, 0.15) is 20.8 Å². The van der Waals surface area contributed by atoms with Gasteiger partial charge in [-0.15, -0.1) is 0 Å². The van der Waals surface area contributed by atoms with Crippen LogP contribution in [-0.2, 0) is 19.0 Å². The molecule has 1 aliphatic rings. The Morgan fingerprint density at radius 3 is 2.80 bits per heavy atom. The van der Waals surface area contributed by atoms with Crippen molar-refractivity contribution in [2.24, 2.45) is 4.99 Å². The van der Waals surface area contributed by atoms with Gasteiger partial charge in [-0.2, -0.15) is 0 Å². The zero-order valence-electron chi connectivity index (χ0n) is 9.52. The number of carbonyl (C=O) groups excluding carboxylic acids is 1. The maximum absolute atomic E-state index is 11.0. The Morgan fingerprint density at radius 1 is 1.67 bits per heavy atom. The molecule has 1 saturated heterocycles. The molecule has 0 saturated carbocycles. The van der Waals surface area contributed by atoms with Crippen LogP contribution in [0.25, 0.3) is 0 Å². The fourth-order valence-corrected chi connectivity index (χ4v) is 1.25. The molecule has 5 heteroatoms. The summed E-state index contributed by atoms with van der Waals surface area (Å²) < 4.78 is 15.4. The second kappa shape index (κ2) is 4.72. The third kappa shape index (κ3) is 3.60. The minimum atomic E-state index is -0.564. The van der Waals surface area contributed by atoms with Crippen molar-refractivity contribution >= 4 is 12.2 Å². The van der Waals surface area contributed by atoms with Crippen molar-refractivity contribution in [3.63, 3.8) is 0 Å². The number of aliphatic imine (C=N–C) groups is 1. The highest BCUT2D eigenvalue weighted by atomic mass is 16.7. The molecule has 0 aromatic carbocycles. The summed E-state index contributed by atoms with van der Waals surface area (Å²) in [5.74, 6) is -0.921. The van der Waals surface area contributed by atoms with Crippen LogP contribution in [-0.4, -0.2) is 43.8 Å². The van der Waals surface area contributed by atoms with Gasteiger partial charge in [0, 0.05) is 6.21 Å². The van der Waals surface area contributed by atoms with Crippen molar-refractivity contribution in [1.82, 2.24) is 0 Å². The van der Waals surface area contributed by atoms with Crippen LogP contribution >= 0.6 is 0 Å². The number of esters is 1. The molecule has 2 atom stereocenters. The first-order valence-corrected chi connectivity index (χ1v) is 4.87. The Bertz CT molecular complexity index is 262. The predicted molar refractivity (Wildman–Crippen MR) is 54.9 cm³/mol. The zero-order chi connectivity index (χ0) is 11.5. The number of rotatable bonds is 3. The fraction of sp³-hybridized carbons (Fsp3) is 0.800. The van der Waals surface area contributed by atoms with Gasteiger partial charge < -0.3 is 14.2 Å². The van der Waals surface area contributed by atoms with E-state index in [1.54, 1.807) is 13.1 Å². The lowest BCUT2D eigenvalue weighted by Crippen LogP contribution is -2.23. The van der Waals surface area contributed by atoms with E-state index in [0.29, 0.717) is 6.61 Å². The maximum Gasteiger partial charge on any atom is 0.330 e. The van der Waals surface area contributed by atoms with Gasteiger partial charge in [0.25, 0.3) is 0 Å². The number of methoxy groups -OCH3 is 1. The van der Waals surface area contributed by atoms with E-state index in [-0.39, 0.29) is 12.1 Å². The molecule has 0 aromatic heterocycles. The molecule has 0 amide bonds. The molecule has 1 fully saturated rings. The first kappa shape index (κ1) is 12.1. The van der Waals surface area contributed by atoms with E-state index in [1.807, 2.05) is 13.8 Å². The molecule has 0 spiro atoms. The molecule has 5 nitrogen and oxygen atoms in total. The lowest BCUT2D eigenvalue weighted by atomic mass is 10.3. The van der Waals surface area contributed by atoms with E-state index in [9.17, 15) is 4.79 Å². The third-order valence-corrected chi connectivity index (χ3v) is 2.05. The summed E-state index contributed by atoms with van der Waals surface area (Å²) in [6.07, 6.45) is 1.41. The van der Waals surface area contributed by atoms with E-state index in [1.165, 1.54) is 7.11 Å². The van der Waals surface area contributed by atoms with Gasteiger partial charge in [-0.25, -0.2) is 4.79 Å². The molecule has 0 N–H and O–H groups in total. The van der Waals surface area contributed by atoms with Crippen molar-refractivity contribution in [1.29, 1.82) is 0 Å². The van der Waals surface area contributed by atoms with Gasteiger partial charge >= 0.3 is 5.97 Å². The summed E-state index contributed by atoms with van der Waals surface area (Å²) in [7, 11) is 1.34. The van der Waals surface area contributed by atoms with Gasteiger partial charge in [-0.1, -0.05) is 0 Å². The second-order valence-electron chi connectivity index (χ2n) is 3.86. The van der Waals surface area contributed by atoms with Crippen LogP contribution in [0.4, 0.5) is 0 Å². The molecule has 0 aromatic rings. The molecule has 0 aliphatic carbocycles. The van der Waals surface area contributed by atoms with Gasteiger partial charge in [0.05, 0.1) is 13.7 Å². The van der Waals surface area contributed by atoms with Gasteiger partial charge in [-0.05, 0) is 20.8 Å². The Kier molecular flexibility index (Phi) is 3.82. The van der Waals surface area contributed by atoms with Crippen LogP contribution in [0.5, 0.6) is 0 Å². The van der Waals surface area contributed by atoms with E-state index in [2.05, 4.69) is 9.73 Å².